The van der Waals surface area contributed by atoms with Crippen molar-refractivity contribution in [3.05, 3.63) is 29.6 Å². The second-order valence-electron chi connectivity index (χ2n) is 4.08. The van der Waals surface area contributed by atoms with E-state index in [4.69, 9.17) is 10.2 Å². The molecule has 0 atom stereocenters. The first-order valence-electron chi connectivity index (χ1n) is 4.98. The minimum absolute atomic E-state index is 0.119. The zero-order chi connectivity index (χ0) is 10.9. The van der Waals surface area contributed by atoms with Gasteiger partial charge in [0.1, 0.15) is 0 Å². The Morgan fingerprint density at radius 2 is 2.13 bits per heavy atom. The van der Waals surface area contributed by atoms with E-state index < -0.39 is 5.82 Å². The Bertz CT molecular complexity index is 364. The van der Waals surface area contributed by atoms with E-state index >= 15 is 0 Å². The normalized spacial score (nSPS) is 17.7. The third-order valence-electron chi connectivity index (χ3n) is 2.84. The molecule has 0 spiro atoms. The molecule has 3 nitrogen and oxygen atoms in total. The number of benzene rings is 1. The van der Waals surface area contributed by atoms with Gasteiger partial charge in [0.05, 0.1) is 6.61 Å². The van der Waals surface area contributed by atoms with Crippen LogP contribution in [0.1, 0.15) is 18.4 Å². The van der Waals surface area contributed by atoms with Gasteiger partial charge in [-0.05, 0) is 30.5 Å². The third-order valence-corrected chi connectivity index (χ3v) is 2.84. The van der Waals surface area contributed by atoms with Gasteiger partial charge in [-0.3, -0.25) is 0 Å². The zero-order valence-corrected chi connectivity index (χ0v) is 8.33. The van der Waals surface area contributed by atoms with E-state index in [1.807, 2.05) is 0 Å². The summed E-state index contributed by atoms with van der Waals surface area (Å²) in [5.74, 6) is -0.940. The summed E-state index contributed by atoms with van der Waals surface area (Å²) < 4.78 is 13.0. The Balaban J connectivity index is 1.96. The molecule has 1 aromatic rings. The number of aliphatic hydroxyl groups is 1. The Kier molecular flexibility index (Phi) is 2.63. The van der Waals surface area contributed by atoms with Crippen LogP contribution in [0, 0.1) is 5.82 Å². The van der Waals surface area contributed by atoms with Gasteiger partial charge < -0.3 is 15.5 Å². The number of phenols is 1. The topological polar surface area (TPSA) is 52.5 Å². The molecule has 0 unspecified atom stereocenters. The molecule has 1 aliphatic carbocycles. The van der Waals surface area contributed by atoms with Crippen molar-refractivity contribution in [2.45, 2.75) is 24.9 Å². The van der Waals surface area contributed by atoms with Gasteiger partial charge in [-0.1, -0.05) is 6.07 Å². The fourth-order valence-corrected chi connectivity index (χ4v) is 1.49. The molecule has 0 aliphatic heterocycles. The van der Waals surface area contributed by atoms with Crippen LogP contribution < -0.4 is 5.32 Å². The summed E-state index contributed by atoms with van der Waals surface area (Å²) in [6.45, 7) is 0.630. The first-order valence-corrected chi connectivity index (χ1v) is 4.98. The second kappa shape index (κ2) is 3.79. The van der Waals surface area contributed by atoms with Crippen LogP contribution in [0.3, 0.4) is 0 Å². The van der Waals surface area contributed by atoms with Crippen LogP contribution in [-0.4, -0.2) is 22.4 Å². The molecule has 1 fully saturated rings. The first kappa shape index (κ1) is 10.4. The summed E-state index contributed by atoms with van der Waals surface area (Å²) in [5.41, 5.74) is 0.624. The highest BCUT2D eigenvalue weighted by atomic mass is 19.1. The number of halogens is 1. The van der Waals surface area contributed by atoms with Gasteiger partial charge in [0.2, 0.25) is 0 Å². The van der Waals surface area contributed by atoms with Gasteiger partial charge >= 0.3 is 0 Å². The Hall–Kier alpha value is -1.13. The molecular weight excluding hydrogens is 197 g/mol. The van der Waals surface area contributed by atoms with Crippen LogP contribution in [0.5, 0.6) is 5.75 Å². The third kappa shape index (κ3) is 2.27. The quantitative estimate of drug-likeness (QED) is 0.700. The van der Waals surface area contributed by atoms with E-state index in [1.54, 1.807) is 6.07 Å². The maximum absolute atomic E-state index is 13.0. The summed E-state index contributed by atoms with van der Waals surface area (Å²) in [7, 11) is 0. The van der Waals surface area contributed by atoms with E-state index in [2.05, 4.69) is 5.32 Å². The molecule has 82 valence electrons. The largest absolute Gasteiger partial charge is 0.505 e. The number of hydrogen-bond donors (Lipinski definition) is 3. The van der Waals surface area contributed by atoms with Crippen LogP contribution >= 0.6 is 0 Å². The highest BCUT2D eigenvalue weighted by Gasteiger charge is 2.41. The first-order chi connectivity index (χ1) is 7.15. The van der Waals surface area contributed by atoms with E-state index in [-0.39, 0.29) is 17.9 Å². The number of nitrogens with one attached hydrogen (secondary N) is 1. The molecule has 1 saturated carbocycles. The molecule has 3 N–H and O–H groups in total. The summed E-state index contributed by atoms with van der Waals surface area (Å²) >= 11 is 0. The maximum atomic E-state index is 13.0. The number of aliphatic hydroxyl groups excluding tert-OH is 1. The van der Waals surface area contributed by atoms with Crippen molar-refractivity contribution in [2.75, 3.05) is 6.61 Å². The fraction of sp³-hybridized carbons (Fsp3) is 0.455. The summed E-state index contributed by atoms with van der Waals surface area (Å²) in [4.78, 5) is 0. The molecular formula is C11H14FNO2. The molecule has 1 aliphatic rings. The SMILES string of the molecule is OCC1(NCc2ccc(O)c(F)c2)CC1. The van der Waals surface area contributed by atoms with Crippen molar-refractivity contribution in [2.24, 2.45) is 0 Å². The molecule has 0 heterocycles. The maximum Gasteiger partial charge on any atom is 0.165 e. The molecule has 4 heteroatoms. The van der Waals surface area contributed by atoms with Gasteiger partial charge in [-0.25, -0.2) is 4.39 Å². The highest BCUT2D eigenvalue weighted by Crippen LogP contribution is 2.34. The summed E-state index contributed by atoms with van der Waals surface area (Å²) in [6.07, 6.45) is 1.92. The van der Waals surface area contributed by atoms with Crippen molar-refractivity contribution in [3.8, 4) is 5.75 Å². The molecule has 0 amide bonds. The van der Waals surface area contributed by atoms with E-state index in [1.165, 1.54) is 12.1 Å². The molecule has 1 aromatic carbocycles. The molecule has 2 rings (SSSR count). The fourth-order valence-electron chi connectivity index (χ4n) is 1.49. The minimum Gasteiger partial charge on any atom is -0.505 e. The zero-order valence-electron chi connectivity index (χ0n) is 8.33. The highest BCUT2D eigenvalue weighted by molar-refractivity contribution is 5.28. The lowest BCUT2D eigenvalue weighted by atomic mass is 10.2. The van der Waals surface area contributed by atoms with Gasteiger partial charge in [-0.15, -0.1) is 0 Å². The monoisotopic (exact) mass is 211 g/mol. The van der Waals surface area contributed by atoms with Crippen molar-refractivity contribution in [1.82, 2.24) is 5.32 Å². The number of hydrogen-bond acceptors (Lipinski definition) is 3. The second-order valence-corrected chi connectivity index (χ2v) is 4.08. The predicted molar refractivity (Wildman–Crippen MR) is 54.0 cm³/mol. The lowest BCUT2D eigenvalue weighted by Gasteiger charge is -2.14. The van der Waals surface area contributed by atoms with Crippen molar-refractivity contribution >= 4 is 0 Å². The molecule has 0 aromatic heterocycles. The predicted octanol–water partition coefficient (Wildman–Crippen LogP) is 1.15. The number of phenolic OH excluding ortho intramolecular Hbond substituents is 1. The van der Waals surface area contributed by atoms with Crippen LogP contribution in [0.2, 0.25) is 0 Å². The molecule has 0 radical (unpaired) electrons. The smallest absolute Gasteiger partial charge is 0.165 e. The van der Waals surface area contributed by atoms with E-state index in [9.17, 15) is 4.39 Å². The Morgan fingerprint density at radius 3 is 2.67 bits per heavy atom. The van der Waals surface area contributed by atoms with Crippen LogP contribution in [-0.2, 0) is 6.54 Å². The molecule has 15 heavy (non-hydrogen) atoms. The van der Waals surface area contributed by atoms with Crippen LogP contribution in [0.25, 0.3) is 0 Å². The molecule has 0 bridgehead atoms. The van der Waals surface area contributed by atoms with E-state index in [0.29, 0.717) is 6.54 Å². The van der Waals surface area contributed by atoms with Gasteiger partial charge in [0.25, 0.3) is 0 Å². The lowest BCUT2D eigenvalue weighted by Crippen LogP contribution is -2.34. The molecule has 0 saturated heterocycles. The van der Waals surface area contributed by atoms with Crippen LogP contribution in [0.4, 0.5) is 4.39 Å². The van der Waals surface area contributed by atoms with Gasteiger partial charge in [0.15, 0.2) is 11.6 Å². The van der Waals surface area contributed by atoms with Crippen molar-refractivity contribution in [3.63, 3.8) is 0 Å². The number of rotatable bonds is 4. The summed E-state index contributed by atoms with van der Waals surface area (Å²) in [5, 5.41) is 21.2. The van der Waals surface area contributed by atoms with Crippen molar-refractivity contribution in [1.29, 1.82) is 0 Å². The Morgan fingerprint density at radius 1 is 1.40 bits per heavy atom. The van der Waals surface area contributed by atoms with E-state index in [0.717, 1.165) is 18.4 Å². The Labute approximate surface area is 87.6 Å². The van der Waals surface area contributed by atoms with Crippen LogP contribution in [0.15, 0.2) is 18.2 Å². The lowest BCUT2D eigenvalue weighted by molar-refractivity contribution is 0.229. The standard InChI is InChI=1S/C11H14FNO2/c12-9-5-8(1-2-10(9)15)6-13-11(7-14)3-4-11/h1-2,5,13-15H,3-4,6-7H2. The van der Waals surface area contributed by atoms with Crippen molar-refractivity contribution < 1.29 is 14.6 Å². The van der Waals surface area contributed by atoms with Gasteiger partial charge in [-0.2, -0.15) is 0 Å². The average molecular weight is 211 g/mol. The minimum atomic E-state index is -0.608. The number of aromatic hydroxyl groups is 1. The van der Waals surface area contributed by atoms with Gasteiger partial charge in [0, 0.05) is 12.1 Å². The summed E-state index contributed by atoms with van der Waals surface area (Å²) in [6, 6.07) is 4.31. The average Bonchev–Trinajstić information content (AvgIpc) is 3.01.